The Hall–Kier alpha value is -6.88. The SMILES string of the molecule is C=CCOC(=O)N1c2cc(OCc3cc(COc4cc5c(cc4OC)C(=O)N4C=C(C)C[C@H]4[C@H](O[Si](C)(C)C(C)(C)C)N5C(=O)OCC=C)cc(C(=O)O)c3)c(OC)cc2C(=O)N2C=C(C)C[C@H]2[C@@H]1O[Si](C)(C)C(C)(C)C. The number of carboxylic acid groups (broad SMARTS) is 1. The molecule has 18 nitrogen and oxygen atoms in total. The summed E-state index contributed by atoms with van der Waals surface area (Å²) in [4.78, 5) is 76.7. The molecule has 0 aliphatic carbocycles. The Morgan fingerprint density at radius 3 is 1.32 bits per heavy atom. The number of ether oxygens (including phenoxy) is 6. The summed E-state index contributed by atoms with van der Waals surface area (Å²) < 4.78 is 50.1. The van der Waals surface area contributed by atoms with Crippen LogP contribution in [-0.4, -0.2) is 113 Å². The van der Waals surface area contributed by atoms with Gasteiger partial charge in [0.2, 0.25) is 0 Å². The predicted molar refractivity (Wildman–Crippen MR) is 297 cm³/mol. The van der Waals surface area contributed by atoms with Crippen molar-refractivity contribution < 1.29 is 66.4 Å². The van der Waals surface area contributed by atoms with E-state index in [4.69, 9.17) is 37.3 Å². The third-order valence-corrected chi connectivity index (χ3v) is 24.1. The van der Waals surface area contributed by atoms with Crippen LogP contribution in [0.2, 0.25) is 36.3 Å². The molecule has 0 spiro atoms. The van der Waals surface area contributed by atoms with E-state index in [-0.39, 0.29) is 99.4 Å². The highest BCUT2D eigenvalue weighted by Crippen LogP contribution is 2.48. The molecule has 414 valence electrons. The minimum absolute atomic E-state index is 0.0694. The standard InChI is InChI=1S/C57H74N4O14Si2/c1-17-19-70-54(66)60-41-28-47(45(68-11)26-39(41)49(62)58-30-34(3)21-43(58)51(60)74-76(13,14)56(5,6)7)72-32-36-23-37(25-38(24-36)53(64)65)33-73-48-29-42-40(27-46(48)69-12)50(63)59-31-35(4)22-44(59)52(61(42)55(67)71-20-18-2)75-77(15,16)57(8,9)10/h17-18,23-31,43-44,51-52H,1-2,19-22,32-33H2,3-16H3,(H,64,65)/t43-,44-,51-,52-/m0/s1. The van der Waals surface area contributed by atoms with E-state index in [1.807, 2.05) is 13.8 Å². The van der Waals surface area contributed by atoms with Gasteiger partial charge in [-0.05, 0) is 104 Å². The Kier molecular flexibility index (Phi) is 16.7. The maximum absolute atomic E-state index is 14.6. The van der Waals surface area contributed by atoms with Crippen LogP contribution in [-0.2, 0) is 31.5 Å². The summed E-state index contributed by atoms with van der Waals surface area (Å²) in [5.74, 6) is -1.34. The van der Waals surface area contributed by atoms with Gasteiger partial charge in [-0.25, -0.2) is 24.2 Å². The summed E-state index contributed by atoms with van der Waals surface area (Å²) in [5.41, 5.74) is 3.28. The van der Waals surface area contributed by atoms with Crippen molar-refractivity contribution in [1.29, 1.82) is 0 Å². The van der Waals surface area contributed by atoms with Crippen molar-refractivity contribution >= 4 is 58.0 Å². The molecule has 3 aromatic carbocycles. The van der Waals surface area contributed by atoms with Crippen molar-refractivity contribution in [3.05, 3.63) is 119 Å². The summed E-state index contributed by atoms with van der Waals surface area (Å²) in [6, 6.07) is 9.59. The topological polar surface area (TPSA) is 192 Å². The smallest absolute Gasteiger partial charge is 0.416 e. The maximum Gasteiger partial charge on any atom is 0.416 e. The number of nitrogens with zero attached hydrogens (tertiary/aromatic N) is 4. The molecule has 0 saturated heterocycles. The summed E-state index contributed by atoms with van der Waals surface area (Å²) >= 11 is 0. The van der Waals surface area contributed by atoms with Crippen molar-refractivity contribution in [2.75, 3.05) is 37.2 Å². The van der Waals surface area contributed by atoms with Crippen LogP contribution < -0.4 is 28.7 Å². The van der Waals surface area contributed by atoms with E-state index in [1.54, 1.807) is 40.4 Å². The van der Waals surface area contributed by atoms with Gasteiger partial charge in [0.1, 0.15) is 26.4 Å². The van der Waals surface area contributed by atoms with Crippen LogP contribution in [0.5, 0.6) is 23.0 Å². The zero-order valence-corrected chi connectivity index (χ0v) is 48.9. The zero-order chi connectivity index (χ0) is 56.7. The summed E-state index contributed by atoms with van der Waals surface area (Å²) in [7, 11) is -2.44. The lowest BCUT2D eigenvalue weighted by molar-refractivity contribution is 0.0587. The lowest BCUT2D eigenvalue weighted by atomic mass is 10.1. The molecular formula is C57H74N4O14Si2. The lowest BCUT2D eigenvalue weighted by Crippen LogP contribution is -2.57. The van der Waals surface area contributed by atoms with Crippen LogP contribution in [0.3, 0.4) is 0 Å². The molecule has 77 heavy (non-hydrogen) atoms. The Bertz CT molecular complexity index is 2740. The lowest BCUT2D eigenvalue weighted by Gasteiger charge is -2.44. The molecule has 0 saturated carbocycles. The highest BCUT2D eigenvalue weighted by atomic mass is 28.4. The first-order valence-electron chi connectivity index (χ1n) is 25.6. The van der Waals surface area contributed by atoms with Gasteiger partial charge in [-0.3, -0.25) is 9.59 Å². The van der Waals surface area contributed by atoms with Crippen LogP contribution in [0.15, 0.2) is 91.3 Å². The van der Waals surface area contributed by atoms with E-state index < -0.39 is 59.3 Å². The van der Waals surface area contributed by atoms with Gasteiger partial charge in [-0.1, -0.05) is 78.0 Å². The monoisotopic (exact) mass is 1090 g/mol. The number of amides is 4. The van der Waals surface area contributed by atoms with Gasteiger partial charge in [0, 0.05) is 24.5 Å². The number of rotatable bonds is 17. The summed E-state index contributed by atoms with van der Waals surface area (Å²) in [6.45, 7) is 31.6. The van der Waals surface area contributed by atoms with Crippen molar-refractivity contribution in [1.82, 2.24) is 9.80 Å². The molecule has 3 aromatic rings. The van der Waals surface area contributed by atoms with E-state index in [9.17, 15) is 29.1 Å². The predicted octanol–water partition coefficient (Wildman–Crippen LogP) is 11.8. The number of carboxylic acids is 1. The van der Waals surface area contributed by atoms with E-state index in [0.717, 1.165) is 11.1 Å². The fourth-order valence-electron chi connectivity index (χ4n) is 9.20. The van der Waals surface area contributed by atoms with Crippen LogP contribution in [0, 0.1) is 0 Å². The highest BCUT2D eigenvalue weighted by Gasteiger charge is 2.52. The van der Waals surface area contributed by atoms with Gasteiger partial charge < -0.3 is 52.2 Å². The second kappa shape index (κ2) is 22.2. The highest BCUT2D eigenvalue weighted by molar-refractivity contribution is 6.74. The molecule has 4 atom stereocenters. The molecule has 0 unspecified atom stereocenters. The van der Waals surface area contributed by atoms with Gasteiger partial charge in [0.25, 0.3) is 11.8 Å². The van der Waals surface area contributed by atoms with Gasteiger partial charge in [0.15, 0.2) is 52.1 Å². The first kappa shape index (κ1) is 57.8. The Morgan fingerprint density at radius 1 is 0.623 bits per heavy atom. The van der Waals surface area contributed by atoms with Crippen molar-refractivity contribution in [2.24, 2.45) is 0 Å². The van der Waals surface area contributed by atoms with Gasteiger partial charge in [-0.15, -0.1) is 0 Å². The third-order valence-electron chi connectivity index (χ3n) is 15.2. The average Bonchev–Trinajstić information content (AvgIpc) is 4.06. The normalized spacial score (nSPS) is 19.4. The van der Waals surface area contributed by atoms with Gasteiger partial charge >= 0.3 is 18.2 Å². The van der Waals surface area contributed by atoms with E-state index in [2.05, 4.69) is 80.9 Å². The number of aromatic carboxylic acids is 1. The quantitative estimate of drug-likeness (QED) is 0.0991. The number of fused-ring (bicyclic) bond motifs is 4. The molecule has 4 aliphatic heterocycles. The van der Waals surface area contributed by atoms with Crippen molar-refractivity contribution in [3.63, 3.8) is 0 Å². The molecule has 0 fully saturated rings. The molecular weight excluding hydrogens is 1020 g/mol. The number of carbonyl (C=O) groups is 5. The summed E-state index contributed by atoms with van der Waals surface area (Å²) in [6.07, 6.45) is 3.93. The van der Waals surface area contributed by atoms with Crippen LogP contribution >= 0.6 is 0 Å². The molecule has 7 rings (SSSR count). The molecule has 0 aromatic heterocycles. The largest absolute Gasteiger partial charge is 0.493 e. The Morgan fingerprint density at radius 2 is 1.00 bits per heavy atom. The second-order valence-electron chi connectivity index (χ2n) is 22.9. The first-order chi connectivity index (χ1) is 36.1. The molecule has 4 aliphatic rings. The fourth-order valence-corrected chi connectivity index (χ4v) is 11.6. The Labute approximate surface area is 454 Å². The number of anilines is 2. The second-order valence-corrected chi connectivity index (χ2v) is 32.4. The molecule has 1 N–H and O–H groups in total. The van der Waals surface area contributed by atoms with Crippen LogP contribution in [0.1, 0.15) is 110 Å². The van der Waals surface area contributed by atoms with E-state index >= 15 is 0 Å². The fraction of sp³-hybridized carbons (Fsp3) is 0.456. The van der Waals surface area contributed by atoms with Gasteiger partial charge in [0.05, 0.1) is 54.4 Å². The number of carbonyl (C=O) groups excluding carboxylic acids is 4. The minimum Gasteiger partial charge on any atom is -0.493 e. The number of methoxy groups -OCH3 is 2. The Balaban J connectivity index is 1.26. The summed E-state index contributed by atoms with van der Waals surface area (Å²) in [5, 5.41) is 9.82. The van der Waals surface area contributed by atoms with E-state index in [1.165, 1.54) is 60.4 Å². The number of hydrogen-bond acceptors (Lipinski definition) is 13. The first-order valence-corrected chi connectivity index (χ1v) is 31.4. The van der Waals surface area contributed by atoms with Crippen molar-refractivity contribution in [2.45, 2.75) is 142 Å². The molecule has 20 heteroatoms. The van der Waals surface area contributed by atoms with Gasteiger partial charge in [-0.2, -0.15) is 0 Å². The molecule has 4 amide bonds. The average molecular weight is 1100 g/mol. The zero-order valence-electron chi connectivity index (χ0n) is 46.9. The van der Waals surface area contributed by atoms with Crippen LogP contribution in [0.4, 0.5) is 21.0 Å². The minimum atomic E-state index is -2.65. The molecule has 0 bridgehead atoms. The molecule has 4 heterocycles. The number of hydrogen-bond donors (Lipinski definition) is 1. The number of benzene rings is 3. The third kappa shape index (κ3) is 11.7. The van der Waals surface area contributed by atoms with Crippen molar-refractivity contribution in [3.8, 4) is 23.0 Å². The van der Waals surface area contributed by atoms with E-state index in [0.29, 0.717) is 24.0 Å². The van der Waals surface area contributed by atoms with Crippen LogP contribution in [0.25, 0.3) is 0 Å². The molecule has 0 radical (unpaired) electrons. The maximum atomic E-state index is 14.6.